The van der Waals surface area contributed by atoms with E-state index in [1.807, 2.05) is 35.9 Å². The number of aliphatic hydroxyl groups excluding tert-OH is 1. The summed E-state index contributed by atoms with van der Waals surface area (Å²) in [6.45, 7) is 0. The number of pyridine rings is 1. The molecule has 0 radical (unpaired) electrons. The van der Waals surface area contributed by atoms with Crippen molar-refractivity contribution < 1.29 is 18.3 Å². The number of benzene rings is 2. The number of rotatable bonds is 4. The van der Waals surface area contributed by atoms with Crippen LogP contribution >= 0.6 is 23.4 Å². The molecule has 4 aromatic rings. The fourth-order valence-electron chi connectivity index (χ4n) is 3.29. The molecule has 0 spiro atoms. The first-order chi connectivity index (χ1) is 14.3. The minimum Gasteiger partial charge on any atom is -0.379 e. The van der Waals surface area contributed by atoms with Gasteiger partial charge in [-0.05, 0) is 47.5 Å². The molecule has 0 saturated carbocycles. The van der Waals surface area contributed by atoms with Crippen LogP contribution in [0.5, 0.6) is 0 Å². The molecule has 4 rings (SSSR count). The van der Waals surface area contributed by atoms with Crippen LogP contribution in [0.1, 0.15) is 11.7 Å². The molecular weight excluding hydrogens is 433 g/mol. The Bertz CT molecular complexity index is 1190. The zero-order valence-electron chi connectivity index (χ0n) is 15.7. The van der Waals surface area contributed by atoms with Crippen LogP contribution in [0, 0.1) is 0 Å². The molecule has 0 saturated heterocycles. The number of aromatic nitrogens is 2. The minimum atomic E-state index is -4.71. The summed E-state index contributed by atoms with van der Waals surface area (Å²) >= 11 is 7.52. The van der Waals surface area contributed by atoms with Gasteiger partial charge in [-0.15, -0.1) is 0 Å². The van der Waals surface area contributed by atoms with Crippen LogP contribution in [-0.2, 0) is 7.05 Å². The second-order valence-corrected chi connectivity index (χ2v) is 8.25. The molecule has 0 aliphatic carbocycles. The normalized spacial score (nSPS) is 13.0. The summed E-state index contributed by atoms with van der Waals surface area (Å²) in [5.41, 5.74) is 2.13. The van der Waals surface area contributed by atoms with Crippen molar-refractivity contribution in [3.63, 3.8) is 0 Å². The van der Waals surface area contributed by atoms with E-state index in [0.29, 0.717) is 5.02 Å². The van der Waals surface area contributed by atoms with E-state index in [-0.39, 0.29) is 5.56 Å². The molecule has 0 bridgehead atoms. The molecule has 2 aromatic carbocycles. The highest BCUT2D eigenvalue weighted by Crippen LogP contribution is 2.43. The van der Waals surface area contributed by atoms with Crippen LogP contribution in [0.15, 0.2) is 76.7 Å². The van der Waals surface area contributed by atoms with Gasteiger partial charge < -0.3 is 9.67 Å². The third kappa shape index (κ3) is 3.93. The van der Waals surface area contributed by atoms with Gasteiger partial charge in [0.15, 0.2) is 6.10 Å². The van der Waals surface area contributed by atoms with Crippen molar-refractivity contribution in [3.8, 4) is 11.3 Å². The van der Waals surface area contributed by atoms with Gasteiger partial charge in [0.05, 0.1) is 5.69 Å². The third-order valence-electron chi connectivity index (χ3n) is 4.74. The van der Waals surface area contributed by atoms with Gasteiger partial charge in [-0.25, -0.2) is 4.98 Å². The minimum absolute atomic E-state index is 0.199. The molecule has 1 N–H and O–H groups in total. The lowest BCUT2D eigenvalue weighted by molar-refractivity contribution is -0.206. The number of fused-ring (bicyclic) bond motifs is 1. The molecule has 0 aliphatic heterocycles. The standard InChI is InChI=1S/C22H16ClF3N2OS/c1-28-18(13-4-6-14(7-5-13)20(29)22(24,25)26)19(17-3-2-12-27-21(17)28)30-16-10-8-15(23)9-11-16/h2-12,20,29H,1H3. The zero-order chi connectivity index (χ0) is 21.5. The second-order valence-electron chi connectivity index (χ2n) is 6.73. The summed E-state index contributed by atoms with van der Waals surface area (Å²) < 4.78 is 40.4. The van der Waals surface area contributed by atoms with Gasteiger partial charge >= 0.3 is 6.18 Å². The molecule has 30 heavy (non-hydrogen) atoms. The summed E-state index contributed by atoms with van der Waals surface area (Å²) in [6, 6.07) is 17.0. The highest BCUT2D eigenvalue weighted by molar-refractivity contribution is 7.99. The summed E-state index contributed by atoms with van der Waals surface area (Å²) in [5.74, 6) is 0. The van der Waals surface area contributed by atoms with Crippen LogP contribution in [0.2, 0.25) is 5.02 Å². The molecule has 3 nitrogen and oxygen atoms in total. The van der Waals surface area contributed by atoms with E-state index in [1.54, 1.807) is 30.5 Å². The highest BCUT2D eigenvalue weighted by atomic mass is 35.5. The third-order valence-corrected chi connectivity index (χ3v) is 6.12. The average Bonchev–Trinajstić information content (AvgIpc) is 3.00. The lowest BCUT2D eigenvalue weighted by Crippen LogP contribution is -2.20. The topological polar surface area (TPSA) is 38.0 Å². The average molecular weight is 449 g/mol. The largest absolute Gasteiger partial charge is 0.418 e. The molecule has 8 heteroatoms. The van der Waals surface area contributed by atoms with E-state index in [1.165, 1.54) is 23.9 Å². The smallest absolute Gasteiger partial charge is 0.379 e. The number of alkyl halides is 3. The van der Waals surface area contributed by atoms with Crippen LogP contribution in [0.4, 0.5) is 13.2 Å². The van der Waals surface area contributed by atoms with Gasteiger partial charge in [0.2, 0.25) is 0 Å². The van der Waals surface area contributed by atoms with E-state index in [4.69, 9.17) is 11.6 Å². The monoisotopic (exact) mass is 448 g/mol. The number of aryl methyl sites for hydroxylation is 1. The molecule has 0 aliphatic rings. The van der Waals surface area contributed by atoms with Crippen molar-refractivity contribution in [1.29, 1.82) is 0 Å². The van der Waals surface area contributed by atoms with Crippen molar-refractivity contribution in [2.24, 2.45) is 7.05 Å². The van der Waals surface area contributed by atoms with Gasteiger partial charge in [-0.2, -0.15) is 13.2 Å². The van der Waals surface area contributed by atoms with Crippen molar-refractivity contribution >= 4 is 34.4 Å². The summed E-state index contributed by atoms with van der Waals surface area (Å²) in [6.07, 6.45) is -5.52. The lowest BCUT2D eigenvalue weighted by Gasteiger charge is -2.15. The molecule has 2 aromatic heterocycles. The maximum Gasteiger partial charge on any atom is 0.418 e. The van der Waals surface area contributed by atoms with E-state index >= 15 is 0 Å². The second kappa shape index (κ2) is 7.98. The first-order valence-corrected chi connectivity index (χ1v) is 10.2. The van der Waals surface area contributed by atoms with Crippen LogP contribution in [0.25, 0.3) is 22.3 Å². The van der Waals surface area contributed by atoms with E-state index in [0.717, 1.165) is 32.1 Å². The predicted octanol–water partition coefficient (Wildman–Crippen LogP) is 6.64. The van der Waals surface area contributed by atoms with Crippen LogP contribution in [0.3, 0.4) is 0 Å². The Morgan fingerprint density at radius 3 is 2.33 bits per heavy atom. The Hall–Kier alpha value is -2.48. The quantitative estimate of drug-likeness (QED) is 0.380. The Kier molecular flexibility index (Phi) is 5.53. The highest BCUT2D eigenvalue weighted by Gasteiger charge is 2.39. The van der Waals surface area contributed by atoms with Crippen molar-refractivity contribution in [2.45, 2.75) is 22.1 Å². The SMILES string of the molecule is Cn1c(-c2ccc(C(O)C(F)(F)F)cc2)c(Sc2ccc(Cl)cc2)c2cccnc21. The number of hydrogen-bond acceptors (Lipinski definition) is 3. The van der Waals surface area contributed by atoms with Crippen molar-refractivity contribution in [1.82, 2.24) is 9.55 Å². The molecule has 154 valence electrons. The Balaban J connectivity index is 1.82. The Labute approximate surface area is 180 Å². The van der Waals surface area contributed by atoms with Gasteiger partial charge in [0.1, 0.15) is 5.65 Å². The summed E-state index contributed by atoms with van der Waals surface area (Å²) in [7, 11) is 1.87. The first-order valence-electron chi connectivity index (χ1n) is 8.97. The van der Waals surface area contributed by atoms with Crippen LogP contribution in [-0.4, -0.2) is 20.8 Å². The van der Waals surface area contributed by atoms with E-state index in [2.05, 4.69) is 4.98 Å². The fraction of sp³-hybridized carbons (Fsp3) is 0.136. The Morgan fingerprint density at radius 2 is 1.70 bits per heavy atom. The van der Waals surface area contributed by atoms with Crippen molar-refractivity contribution in [2.75, 3.05) is 0 Å². The fourth-order valence-corrected chi connectivity index (χ4v) is 4.54. The van der Waals surface area contributed by atoms with Gasteiger partial charge in [-0.3, -0.25) is 0 Å². The number of nitrogens with zero attached hydrogens (tertiary/aromatic N) is 2. The molecule has 2 heterocycles. The van der Waals surface area contributed by atoms with Gasteiger partial charge in [0, 0.05) is 33.4 Å². The molecular formula is C22H16ClF3N2OS. The van der Waals surface area contributed by atoms with E-state index in [9.17, 15) is 18.3 Å². The van der Waals surface area contributed by atoms with E-state index < -0.39 is 12.3 Å². The summed E-state index contributed by atoms with van der Waals surface area (Å²) in [5, 5.41) is 11.1. The maximum atomic E-state index is 12.8. The number of halogens is 4. The lowest BCUT2D eigenvalue weighted by atomic mass is 10.0. The predicted molar refractivity (Wildman–Crippen MR) is 113 cm³/mol. The number of hydrogen-bond donors (Lipinski definition) is 1. The Morgan fingerprint density at radius 1 is 1.03 bits per heavy atom. The summed E-state index contributed by atoms with van der Waals surface area (Å²) in [4.78, 5) is 6.37. The maximum absolute atomic E-state index is 12.8. The first kappa shape index (κ1) is 20.8. The molecule has 1 unspecified atom stereocenters. The van der Waals surface area contributed by atoms with Crippen molar-refractivity contribution in [3.05, 3.63) is 77.4 Å². The molecule has 0 fully saturated rings. The zero-order valence-corrected chi connectivity index (χ0v) is 17.3. The van der Waals surface area contributed by atoms with Gasteiger partial charge in [-0.1, -0.05) is 47.6 Å². The molecule has 0 amide bonds. The number of aliphatic hydroxyl groups is 1. The molecule has 1 atom stereocenters. The van der Waals surface area contributed by atoms with Gasteiger partial charge in [0.25, 0.3) is 0 Å². The van der Waals surface area contributed by atoms with Crippen LogP contribution < -0.4 is 0 Å².